The monoisotopic (exact) mass is 376 g/mol. The first-order valence-corrected chi connectivity index (χ1v) is 8.72. The molecule has 0 aliphatic carbocycles. The van der Waals surface area contributed by atoms with Crippen molar-refractivity contribution >= 4 is 28.9 Å². The Morgan fingerprint density at radius 3 is 2.73 bits per heavy atom. The lowest BCUT2D eigenvalue weighted by Crippen LogP contribution is -2.17. The third-order valence-electron chi connectivity index (χ3n) is 3.98. The van der Waals surface area contributed by atoms with E-state index in [1.54, 1.807) is 19.2 Å². The fourth-order valence-corrected chi connectivity index (χ4v) is 2.77. The molecule has 2 aromatic rings. The van der Waals surface area contributed by atoms with Gasteiger partial charge in [-0.1, -0.05) is 11.6 Å². The number of hydrogen-bond donors (Lipinski definition) is 2. The molecule has 7 heteroatoms. The Bertz CT molecular complexity index is 810. The van der Waals surface area contributed by atoms with Gasteiger partial charge in [0.05, 0.1) is 12.8 Å². The second kappa shape index (κ2) is 8.19. The molecule has 0 radical (unpaired) electrons. The highest BCUT2D eigenvalue weighted by atomic mass is 35.5. The molecule has 0 unspecified atom stereocenters. The predicted octanol–water partition coefficient (Wildman–Crippen LogP) is 3.87. The highest BCUT2D eigenvalue weighted by Crippen LogP contribution is 2.33. The Morgan fingerprint density at radius 1 is 1.19 bits per heavy atom. The Kier molecular flexibility index (Phi) is 5.73. The number of anilines is 2. The van der Waals surface area contributed by atoms with Crippen molar-refractivity contribution in [2.45, 2.75) is 13.3 Å². The van der Waals surface area contributed by atoms with Crippen LogP contribution in [0.3, 0.4) is 0 Å². The summed E-state index contributed by atoms with van der Waals surface area (Å²) < 4.78 is 16.3. The fraction of sp³-hybridized carbons (Fsp3) is 0.316. The lowest BCUT2D eigenvalue weighted by molar-refractivity contribution is -0.116. The number of rotatable bonds is 6. The number of halogens is 1. The fourth-order valence-electron chi connectivity index (χ4n) is 2.62. The minimum Gasteiger partial charge on any atom is -0.495 e. The molecule has 138 valence electrons. The molecular weight excluding hydrogens is 356 g/mol. The van der Waals surface area contributed by atoms with Crippen molar-refractivity contribution in [1.29, 1.82) is 0 Å². The summed E-state index contributed by atoms with van der Waals surface area (Å²) in [6, 6.07) is 9.13. The van der Waals surface area contributed by atoms with E-state index in [-0.39, 0.29) is 5.91 Å². The van der Waals surface area contributed by atoms with Gasteiger partial charge in [0.25, 0.3) is 0 Å². The SMILES string of the molecule is COc1cc(Cl)c(C)cc1NC(=O)CCNc1ccc2c(c1)OCCO2. The zero-order valence-electron chi connectivity index (χ0n) is 14.7. The van der Waals surface area contributed by atoms with E-state index in [1.807, 2.05) is 25.1 Å². The van der Waals surface area contributed by atoms with Crippen molar-refractivity contribution in [2.75, 3.05) is 37.5 Å². The van der Waals surface area contributed by atoms with Crippen LogP contribution in [-0.2, 0) is 4.79 Å². The first-order valence-electron chi connectivity index (χ1n) is 8.34. The molecule has 6 nitrogen and oxygen atoms in total. The summed E-state index contributed by atoms with van der Waals surface area (Å²) in [5, 5.41) is 6.67. The van der Waals surface area contributed by atoms with E-state index in [4.69, 9.17) is 25.8 Å². The smallest absolute Gasteiger partial charge is 0.226 e. The number of benzene rings is 2. The summed E-state index contributed by atoms with van der Waals surface area (Å²) in [5.41, 5.74) is 2.36. The number of amides is 1. The standard InChI is InChI=1S/C19H21ClN2O4/c1-12-9-15(17(24-2)11-14(12)20)22-19(23)5-6-21-13-3-4-16-18(10-13)26-8-7-25-16/h3-4,9-11,21H,5-8H2,1-2H3,(H,22,23). The van der Waals surface area contributed by atoms with Crippen LogP contribution in [0.2, 0.25) is 5.02 Å². The predicted molar refractivity (Wildman–Crippen MR) is 102 cm³/mol. The summed E-state index contributed by atoms with van der Waals surface area (Å²) in [7, 11) is 1.54. The molecule has 1 heterocycles. The van der Waals surface area contributed by atoms with E-state index in [0.29, 0.717) is 48.4 Å². The summed E-state index contributed by atoms with van der Waals surface area (Å²) in [5.74, 6) is 1.88. The number of hydrogen-bond acceptors (Lipinski definition) is 5. The van der Waals surface area contributed by atoms with E-state index in [2.05, 4.69) is 10.6 Å². The zero-order valence-corrected chi connectivity index (χ0v) is 15.5. The number of ether oxygens (including phenoxy) is 3. The molecular formula is C19H21ClN2O4. The van der Waals surface area contributed by atoms with Gasteiger partial charge in [-0.3, -0.25) is 4.79 Å². The molecule has 26 heavy (non-hydrogen) atoms. The van der Waals surface area contributed by atoms with Crippen molar-refractivity contribution < 1.29 is 19.0 Å². The summed E-state index contributed by atoms with van der Waals surface area (Å²) >= 11 is 6.08. The lowest BCUT2D eigenvalue weighted by Gasteiger charge is -2.19. The Labute approximate surface area is 157 Å². The van der Waals surface area contributed by atoms with Gasteiger partial charge in [0, 0.05) is 35.8 Å². The Balaban J connectivity index is 1.54. The molecule has 1 aliphatic heterocycles. The quantitative estimate of drug-likeness (QED) is 0.801. The molecule has 0 bridgehead atoms. The van der Waals surface area contributed by atoms with E-state index in [1.165, 1.54) is 0 Å². The van der Waals surface area contributed by atoms with Crippen molar-refractivity contribution in [3.63, 3.8) is 0 Å². The van der Waals surface area contributed by atoms with Crippen LogP contribution < -0.4 is 24.8 Å². The van der Waals surface area contributed by atoms with Gasteiger partial charge in [0.15, 0.2) is 11.5 Å². The molecule has 2 aromatic carbocycles. The Hall–Kier alpha value is -2.60. The molecule has 0 atom stereocenters. The van der Waals surface area contributed by atoms with Crippen LogP contribution in [0.15, 0.2) is 30.3 Å². The first kappa shape index (κ1) is 18.2. The van der Waals surface area contributed by atoms with Gasteiger partial charge < -0.3 is 24.8 Å². The normalized spacial score (nSPS) is 12.4. The van der Waals surface area contributed by atoms with Crippen LogP contribution in [-0.4, -0.2) is 32.8 Å². The van der Waals surface area contributed by atoms with Crippen molar-refractivity contribution in [3.8, 4) is 17.2 Å². The van der Waals surface area contributed by atoms with Crippen LogP contribution in [0.1, 0.15) is 12.0 Å². The summed E-state index contributed by atoms with van der Waals surface area (Å²) in [6.45, 7) is 3.47. The number of methoxy groups -OCH3 is 1. The maximum atomic E-state index is 12.2. The van der Waals surface area contributed by atoms with Crippen molar-refractivity contribution in [1.82, 2.24) is 0 Å². The molecule has 0 saturated carbocycles. The minimum absolute atomic E-state index is 0.116. The summed E-state index contributed by atoms with van der Waals surface area (Å²) in [4.78, 5) is 12.2. The third kappa shape index (κ3) is 4.32. The van der Waals surface area contributed by atoms with E-state index < -0.39 is 0 Å². The second-order valence-electron chi connectivity index (χ2n) is 5.89. The van der Waals surface area contributed by atoms with Gasteiger partial charge in [0.2, 0.25) is 5.91 Å². The van der Waals surface area contributed by atoms with Crippen LogP contribution in [0, 0.1) is 6.92 Å². The topological polar surface area (TPSA) is 68.8 Å². The summed E-state index contributed by atoms with van der Waals surface area (Å²) in [6.07, 6.45) is 0.305. The highest BCUT2D eigenvalue weighted by molar-refractivity contribution is 6.31. The molecule has 0 fully saturated rings. The number of aryl methyl sites for hydroxylation is 1. The largest absolute Gasteiger partial charge is 0.495 e. The molecule has 0 saturated heterocycles. The van der Waals surface area contributed by atoms with Gasteiger partial charge in [-0.15, -0.1) is 0 Å². The Morgan fingerprint density at radius 2 is 1.96 bits per heavy atom. The average molecular weight is 377 g/mol. The van der Waals surface area contributed by atoms with Crippen molar-refractivity contribution in [2.24, 2.45) is 0 Å². The number of fused-ring (bicyclic) bond motifs is 1. The van der Waals surface area contributed by atoms with Crippen LogP contribution >= 0.6 is 11.6 Å². The number of nitrogens with one attached hydrogen (secondary N) is 2. The molecule has 2 N–H and O–H groups in total. The molecule has 1 amide bonds. The maximum Gasteiger partial charge on any atom is 0.226 e. The van der Waals surface area contributed by atoms with Crippen molar-refractivity contribution in [3.05, 3.63) is 40.9 Å². The maximum absolute atomic E-state index is 12.2. The average Bonchev–Trinajstić information content (AvgIpc) is 2.64. The minimum atomic E-state index is -0.116. The first-order chi connectivity index (χ1) is 12.6. The molecule has 0 spiro atoms. The van der Waals surface area contributed by atoms with E-state index in [0.717, 1.165) is 17.0 Å². The lowest BCUT2D eigenvalue weighted by atomic mass is 10.2. The molecule has 3 rings (SSSR count). The van der Waals surface area contributed by atoms with Gasteiger partial charge in [-0.25, -0.2) is 0 Å². The van der Waals surface area contributed by atoms with Gasteiger partial charge in [0.1, 0.15) is 19.0 Å². The van der Waals surface area contributed by atoms with Crippen LogP contribution in [0.25, 0.3) is 0 Å². The number of carbonyl (C=O) groups excluding carboxylic acids is 1. The third-order valence-corrected chi connectivity index (χ3v) is 4.39. The molecule has 0 aromatic heterocycles. The number of carbonyl (C=O) groups is 1. The van der Waals surface area contributed by atoms with Gasteiger partial charge in [-0.2, -0.15) is 0 Å². The second-order valence-corrected chi connectivity index (χ2v) is 6.29. The van der Waals surface area contributed by atoms with Gasteiger partial charge in [-0.05, 0) is 30.7 Å². The van der Waals surface area contributed by atoms with E-state index >= 15 is 0 Å². The van der Waals surface area contributed by atoms with Crippen LogP contribution in [0.5, 0.6) is 17.2 Å². The van der Waals surface area contributed by atoms with E-state index in [9.17, 15) is 4.79 Å². The van der Waals surface area contributed by atoms with Crippen LogP contribution in [0.4, 0.5) is 11.4 Å². The zero-order chi connectivity index (χ0) is 18.5. The molecule has 1 aliphatic rings. The highest BCUT2D eigenvalue weighted by Gasteiger charge is 2.13. The van der Waals surface area contributed by atoms with Gasteiger partial charge >= 0.3 is 0 Å².